The molecule has 44 heavy (non-hydrogen) atoms. The topological polar surface area (TPSA) is 197 Å². The van der Waals surface area contributed by atoms with Crippen LogP contribution < -0.4 is 16.0 Å². The summed E-state index contributed by atoms with van der Waals surface area (Å²) in [7, 11) is 0. The first-order valence-electron chi connectivity index (χ1n) is 13.4. The van der Waals surface area contributed by atoms with E-state index in [1.165, 1.54) is 6.33 Å². The molecule has 1 unspecified atom stereocenters. The molecular weight excluding hydrogens is 566 g/mol. The minimum absolute atomic E-state index is 0.0488. The summed E-state index contributed by atoms with van der Waals surface area (Å²) in [5.41, 5.74) is 3.46. The van der Waals surface area contributed by atoms with Crippen LogP contribution in [-0.2, 0) is 22.4 Å². The van der Waals surface area contributed by atoms with Crippen molar-refractivity contribution < 1.29 is 24.5 Å². The highest BCUT2D eigenvalue weighted by atomic mass is 16.7. The van der Waals surface area contributed by atoms with Crippen molar-refractivity contribution in [1.82, 2.24) is 29.9 Å². The minimum atomic E-state index is -1.64. The maximum absolute atomic E-state index is 11.2. The summed E-state index contributed by atoms with van der Waals surface area (Å²) in [5, 5.41) is 27.1. The van der Waals surface area contributed by atoms with Crippen molar-refractivity contribution in [2.75, 3.05) is 16.0 Å². The zero-order chi connectivity index (χ0) is 30.7. The Balaban J connectivity index is 1.31. The number of nitrogens with one attached hydrogen (secondary N) is 3. The molecule has 5 rings (SSSR count). The molecule has 0 amide bonds. The molecule has 2 heterocycles. The number of nitrogens with zero attached hydrogens (tertiary/aromatic N) is 6. The number of para-hydroxylation sites is 2. The van der Waals surface area contributed by atoms with E-state index in [-0.39, 0.29) is 11.9 Å². The zero-order valence-electron chi connectivity index (χ0n) is 23.2. The van der Waals surface area contributed by atoms with Gasteiger partial charge in [-0.2, -0.15) is 19.9 Å². The van der Waals surface area contributed by atoms with Crippen LogP contribution in [0.4, 0.5) is 34.0 Å². The highest BCUT2D eigenvalue weighted by molar-refractivity contribution is 5.68. The van der Waals surface area contributed by atoms with Crippen LogP contribution in [0.1, 0.15) is 29.2 Å². The highest BCUT2D eigenvalue weighted by Gasteiger charge is 2.20. The molecule has 5 aromatic rings. The molecule has 0 saturated heterocycles. The van der Waals surface area contributed by atoms with Crippen LogP contribution in [0.25, 0.3) is 0 Å². The molecule has 0 aliphatic rings. The Morgan fingerprint density at radius 2 is 1.20 bits per heavy atom. The molecule has 0 radical (unpaired) electrons. The molecular formula is C30H27N9O5. The second-order valence-electron chi connectivity index (χ2n) is 9.39. The lowest BCUT2D eigenvalue weighted by atomic mass is 10.1. The number of carboxylic acids is 1. The summed E-state index contributed by atoms with van der Waals surface area (Å²) >= 11 is 0. The van der Waals surface area contributed by atoms with E-state index in [4.69, 9.17) is 5.11 Å². The Morgan fingerprint density at radius 3 is 1.80 bits per heavy atom. The number of aliphatic carboxylic acids is 1. The van der Waals surface area contributed by atoms with Gasteiger partial charge in [0.25, 0.3) is 0 Å². The highest BCUT2D eigenvalue weighted by Crippen LogP contribution is 2.18. The molecule has 3 aromatic carbocycles. The number of carbonyl (C=O) groups is 2. The fraction of sp³-hybridized carbons (Fsp3) is 0.133. The lowest BCUT2D eigenvalue weighted by molar-refractivity contribution is -0.138. The average Bonchev–Trinajstić information content (AvgIpc) is 2.99. The SMILES string of the molecule is O=C(O)CC(Nc1nc(Cc2ccc(Cc3ncnc(Nc4ccccc4)n3)cc2)nc(Nc2ccccc2)n1)OC(=O)O. The standard InChI is InChI=1S/C30H27N9O5/c40-26(41)17-25(44-30(42)43)38-29-37-24(36-28(39-29)34-22-9-5-2-6-10-22)16-20-13-11-19(12-14-20)15-23-31-18-32-27(35-23)33-21-7-3-1-4-8-21/h1-14,18,25H,15-17H2,(H,40,41)(H,42,43)(H,31,32,33,35)(H2,34,36,37,38,39). The molecule has 0 saturated carbocycles. The zero-order valence-corrected chi connectivity index (χ0v) is 23.2. The van der Waals surface area contributed by atoms with Crippen molar-refractivity contribution in [3.63, 3.8) is 0 Å². The summed E-state index contributed by atoms with van der Waals surface area (Å²) in [6.45, 7) is 0. The maximum atomic E-state index is 11.2. The number of aromatic nitrogens is 6. The van der Waals surface area contributed by atoms with Gasteiger partial charge in [0.1, 0.15) is 24.4 Å². The second kappa shape index (κ2) is 14.1. The van der Waals surface area contributed by atoms with E-state index in [0.717, 1.165) is 16.8 Å². The third-order valence-corrected chi connectivity index (χ3v) is 6.00. The van der Waals surface area contributed by atoms with E-state index < -0.39 is 24.8 Å². The molecule has 5 N–H and O–H groups in total. The number of ether oxygens (including phenoxy) is 1. The summed E-state index contributed by atoms with van der Waals surface area (Å²) in [4.78, 5) is 48.5. The van der Waals surface area contributed by atoms with Crippen LogP contribution in [0.3, 0.4) is 0 Å². The monoisotopic (exact) mass is 593 g/mol. The maximum Gasteiger partial charge on any atom is 0.507 e. The second-order valence-corrected chi connectivity index (χ2v) is 9.39. The first-order chi connectivity index (χ1) is 21.4. The summed E-state index contributed by atoms with van der Waals surface area (Å²) < 4.78 is 4.67. The molecule has 14 heteroatoms. The van der Waals surface area contributed by atoms with Gasteiger partial charge in [0.05, 0.1) is 0 Å². The van der Waals surface area contributed by atoms with Crippen LogP contribution in [0.15, 0.2) is 91.3 Å². The molecule has 2 aromatic heterocycles. The van der Waals surface area contributed by atoms with Crippen molar-refractivity contribution in [2.24, 2.45) is 0 Å². The Morgan fingerprint density at radius 1 is 0.659 bits per heavy atom. The molecule has 222 valence electrons. The molecule has 1 atom stereocenters. The first kappa shape index (κ1) is 29.3. The van der Waals surface area contributed by atoms with Gasteiger partial charge in [0, 0.05) is 24.2 Å². The lowest BCUT2D eigenvalue weighted by Crippen LogP contribution is -2.29. The number of rotatable bonds is 13. The normalized spacial score (nSPS) is 11.3. The van der Waals surface area contributed by atoms with Gasteiger partial charge >= 0.3 is 12.1 Å². The fourth-order valence-corrected chi connectivity index (χ4v) is 4.08. The van der Waals surface area contributed by atoms with Crippen LogP contribution in [0.2, 0.25) is 0 Å². The Labute approximate surface area is 251 Å². The number of carboxylic acid groups (broad SMARTS) is 2. The number of hydrogen-bond donors (Lipinski definition) is 5. The van der Waals surface area contributed by atoms with Crippen molar-refractivity contribution in [2.45, 2.75) is 25.5 Å². The van der Waals surface area contributed by atoms with E-state index in [0.29, 0.717) is 36.1 Å². The fourth-order valence-electron chi connectivity index (χ4n) is 4.08. The van der Waals surface area contributed by atoms with E-state index in [1.54, 1.807) is 0 Å². The Hall–Kier alpha value is -6.18. The van der Waals surface area contributed by atoms with Crippen LogP contribution in [0.5, 0.6) is 0 Å². The quantitative estimate of drug-likeness (QED) is 0.0935. The largest absolute Gasteiger partial charge is 0.507 e. The number of hydrogen-bond acceptors (Lipinski definition) is 12. The summed E-state index contributed by atoms with van der Waals surface area (Å²) in [6, 6.07) is 26.6. The molecule has 0 bridgehead atoms. The van der Waals surface area contributed by atoms with Crippen molar-refractivity contribution in [1.29, 1.82) is 0 Å². The molecule has 0 spiro atoms. The molecule has 0 aliphatic carbocycles. The smallest absolute Gasteiger partial charge is 0.481 e. The van der Waals surface area contributed by atoms with Crippen LogP contribution in [-0.4, -0.2) is 58.5 Å². The van der Waals surface area contributed by atoms with Gasteiger partial charge in [-0.3, -0.25) is 4.79 Å². The van der Waals surface area contributed by atoms with E-state index in [1.807, 2.05) is 84.9 Å². The Kier molecular flexibility index (Phi) is 9.42. The van der Waals surface area contributed by atoms with Gasteiger partial charge in [-0.25, -0.2) is 14.8 Å². The number of anilines is 5. The summed E-state index contributed by atoms with van der Waals surface area (Å²) in [5.74, 6) is 0.285. The van der Waals surface area contributed by atoms with Crippen molar-refractivity contribution in [3.8, 4) is 0 Å². The van der Waals surface area contributed by atoms with Crippen LogP contribution in [0, 0.1) is 0 Å². The van der Waals surface area contributed by atoms with E-state index in [2.05, 4.69) is 50.6 Å². The average molecular weight is 594 g/mol. The van der Waals surface area contributed by atoms with Gasteiger partial charge in [-0.05, 0) is 35.4 Å². The Bertz CT molecular complexity index is 1690. The predicted molar refractivity (Wildman–Crippen MR) is 160 cm³/mol. The third-order valence-electron chi connectivity index (χ3n) is 6.00. The van der Waals surface area contributed by atoms with Gasteiger partial charge in [-0.1, -0.05) is 60.7 Å². The van der Waals surface area contributed by atoms with E-state index in [9.17, 15) is 14.7 Å². The summed E-state index contributed by atoms with van der Waals surface area (Å²) in [6.07, 6.45) is -1.42. The first-order valence-corrected chi connectivity index (χ1v) is 13.4. The molecule has 0 fully saturated rings. The third kappa shape index (κ3) is 8.91. The van der Waals surface area contributed by atoms with Gasteiger partial charge < -0.3 is 30.9 Å². The molecule has 14 nitrogen and oxygen atoms in total. The van der Waals surface area contributed by atoms with Gasteiger partial charge in [-0.15, -0.1) is 0 Å². The minimum Gasteiger partial charge on any atom is -0.481 e. The predicted octanol–water partition coefficient (Wildman–Crippen LogP) is 4.63. The lowest BCUT2D eigenvalue weighted by Gasteiger charge is -2.16. The van der Waals surface area contributed by atoms with Crippen molar-refractivity contribution >= 4 is 41.3 Å². The van der Waals surface area contributed by atoms with Crippen molar-refractivity contribution in [3.05, 3.63) is 114 Å². The van der Waals surface area contributed by atoms with Crippen LogP contribution >= 0.6 is 0 Å². The number of benzene rings is 3. The molecule has 0 aliphatic heterocycles. The van der Waals surface area contributed by atoms with Gasteiger partial charge in [0.15, 0.2) is 6.23 Å². The van der Waals surface area contributed by atoms with Gasteiger partial charge in [0.2, 0.25) is 17.8 Å². The van der Waals surface area contributed by atoms with E-state index >= 15 is 0 Å².